The van der Waals surface area contributed by atoms with Crippen LogP contribution in [0, 0.1) is 0 Å². The van der Waals surface area contributed by atoms with E-state index in [-0.39, 0.29) is 0 Å². The molecule has 16 heavy (non-hydrogen) atoms. The topological polar surface area (TPSA) is 49.5 Å². The molecule has 4 heteroatoms. The Morgan fingerprint density at radius 3 is 2.31 bits per heavy atom. The standard InChI is InChI=1S/C12H20N2OP/c1-2-14-7-9-16(15,10-8-14)12-5-3-11(13)4-6-12/h3-6,15H,2,7-10,13H2,1H3/q+1. The molecule has 1 fully saturated rings. The molecule has 0 atom stereocenters. The summed E-state index contributed by atoms with van der Waals surface area (Å²) in [5.41, 5.74) is 6.43. The Morgan fingerprint density at radius 2 is 1.81 bits per heavy atom. The molecule has 88 valence electrons. The third-order valence-corrected chi connectivity index (χ3v) is 6.53. The first-order chi connectivity index (χ1) is 7.64. The fourth-order valence-corrected chi connectivity index (χ4v) is 4.84. The summed E-state index contributed by atoms with van der Waals surface area (Å²) in [6.07, 6.45) is 1.84. The van der Waals surface area contributed by atoms with Crippen LogP contribution in [0.1, 0.15) is 6.92 Å². The van der Waals surface area contributed by atoms with Gasteiger partial charge in [0.1, 0.15) is 17.6 Å². The van der Waals surface area contributed by atoms with Crippen molar-refractivity contribution in [2.45, 2.75) is 6.92 Å². The number of hydrogen-bond donors (Lipinski definition) is 2. The van der Waals surface area contributed by atoms with Gasteiger partial charge in [-0.2, -0.15) is 0 Å². The van der Waals surface area contributed by atoms with Crippen LogP contribution < -0.4 is 11.0 Å². The Morgan fingerprint density at radius 1 is 1.25 bits per heavy atom. The normalized spacial score (nSPS) is 20.9. The minimum Gasteiger partial charge on any atom is -0.399 e. The lowest BCUT2D eigenvalue weighted by Crippen LogP contribution is -2.39. The quantitative estimate of drug-likeness (QED) is 0.601. The lowest BCUT2D eigenvalue weighted by Gasteiger charge is -2.31. The summed E-state index contributed by atoms with van der Waals surface area (Å²) in [6.45, 7) is 5.30. The highest BCUT2D eigenvalue weighted by molar-refractivity contribution is 7.77. The SMILES string of the molecule is CCN1CC[P+](O)(c2ccc(N)cc2)CC1. The first-order valence-corrected chi connectivity index (χ1v) is 7.93. The highest BCUT2D eigenvalue weighted by atomic mass is 31.2. The van der Waals surface area contributed by atoms with Crippen molar-refractivity contribution in [2.75, 3.05) is 37.7 Å². The maximum absolute atomic E-state index is 10.7. The molecule has 0 unspecified atom stereocenters. The minimum absolute atomic E-state index is 0.766. The van der Waals surface area contributed by atoms with Crippen molar-refractivity contribution < 1.29 is 4.89 Å². The molecule has 0 saturated carbocycles. The number of anilines is 1. The lowest BCUT2D eigenvalue weighted by atomic mass is 10.3. The molecule has 0 bridgehead atoms. The summed E-state index contributed by atoms with van der Waals surface area (Å²) in [6, 6.07) is 7.76. The Bertz CT molecular complexity index is 345. The minimum atomic E-state index is -1.88. The predicted molar refractivity (Wildman–Crippen MR) is 71.5 cm³/mol. The van der Waals surface area contributed by atoms with Crippen LogP contribution in [0.4, 0.5) is 5.69 Å². The highest BCUT2D eigenvalue weighted by Gasteiger charge is 2.41. The Kier molecular flexibility index (Phi) is 3.48. The fraction of sp³-hybridized carbons (Fsp3) is 0.500. The molecule has 1 aliphatic heterocycles. The molecule has 3 nitrogen and oxygen atoms in total. The molecule has 1 aliphatic rings. The van der Waals surface area contributed by atoms with Crippen LogP contribution in [0.5, 0.6) is 0 Å². The second-order valence-electron chi connectivity index (χ2n) is 4.40. The second-order valence-corrected chi connectivity index (χ2v) is 7.65. The second kappa shape index (κ2) is 4.70. The van der Waals surface area contributed by atoms with E-state index in [2.05, 4.69) is 11.8 Å². The van der Waals surface area contributed by atoms with Crippen LogP contribution in [-0.4, -0.2) is 41.8 Å². The maximum Gasteiger partial charge on any atom is 0.176 e. The van der Waals surface area contributed by atoms with Crippen molar-refractivity contribution in [1.82, 2.24) is 4.90 Å². The van der Waals surface area contributed by atoms with E-state index in [0.29, 0.717) is 0 Å². The Balaban J connectivity index is 2.11. The summed E-state index contributed by atoms with van der Waals surface area (Å²) < 4.78 is 0. The van der Waals surface area contributed by atoms with Crippen molar-refractivity contribution in [2.24, 2.45) is 0 Å². The van der Waals surface area contributed by atoms with Crippen LogP contribution in [0.2, 0.25) is 0 Å². The van der Waals surface area contributed by atoms with Gasteiger partial charge in [0.15, 0.2) is 7.49 Å². The number of hydrogen-bond acceptors (Lipinski definition) is 3. The van der Waals surface area contributed by atoms with Gasteiger partial charge in [0.2, 0.25) is 0 Å². The number of nitrogen functional groups attached to an aromatic ring is 1. The summed E-state index contributed by atoms with van der Waals surface area (Å²) in [4.78, 5) is 13.1. The van der Waals surface area contributed by atoms with E-state index in [1.54, 1.807) is 0 Å². The first-order valence-electron chi connectivity index (χ1n) is 5.82. The molecule has 0 aliphatic carbocycles. The van der Waals surface area contributed by atoms with Crippen molar-refractivity contribution in [3.8, 4) is 0 Å². The van der Waals surface area contributed by atoms with E-state index in [9.17, 15) is 4.89 Å². The van der Waals surface area contributed by atoms with Gasteiger partial charge in [-0.25, -0.2) is 4.89 Å². The van der Waals surface area contributed by atoms with E-state index in [1.807, 2.05) is 24.3 Å². The summed E-state index contributed by atoms with van der Waals surface area (Å²) in [7, 11) is -1.88. The summed E-state index contributed by atoms with van der Waals surface area (Å²) in [5, 5.41) is 1.11. The number of rotatable bonds is 2. The average Bonchev–Trinajstić information content (AvgIpc) is 2.31. The molecule has 0 radical (unpaired) electrons. The zero-order valence-corrected chi connectivity index (χ0v) is 10.7. The predicted octanol–water partition coefficient (Wildman–Crippen LogP) is 1.15. The van der Waals surface area contributed by atoms with Gasteiger partial charge in [0.25, 0.3) is 0 Å². The van der Waals surface area contributed by atoms with Gasteiger partial charge >= 0.3 is 0 Å². The third-order valence-electron chi connectivity index (χ3n) is 3.39. The molecule has 1 heterocycles. The van der Waals surface area contributed by atoms with Crippen LogP contribution in [-0.2, 0) is 0 Å². The largest absolute Gasteiger partial charge is 0.399 e. The average molecular weight is 239 g/mol. The van der Waals surface area contributed by atoms with Crippen molar-refractivity contribution in [3.05, 3.63) is 24.3 Å². The molecule has 0 aromatic heterocycles. The van der Waals surface area contributed by atoms with Gasteiger partial charge in [-0.05, 0) is 30.8 Å². The zero-order valence-electron chi connectivity index (χ0n) is 9.76. The van der Waals surface area contributed by atoms with Gasteiger partial charge in [-0.1, -0.05) is 6.92 Å². The van der Waals surface area contributed by atoms with E-state index >= 15 is 0 Å². The van der Waals surface area contributed by atoms with E-state index in [0.717, 1.165) is 43.0 Å². The van der Waals surface area contributed by atoms with Gasteiger partial charge in [-0.15, -0.1) is 0 Å². The third kappa shape index (κ3) is 2.37. The van der Waals surface area contributed by atoms with Crippen molar-refractivity contribution in [3.63, 3.8) is 0 Å². The van der Waals surface area contributed by atoms with Crippen LogP contribution >= 0.6 is 7.49 Å². The molecule has 3 N–H and O–H groups in total. The van der Waals surface area contributed by atoms with Gasteiger partial charge in [-0.3, -0.25) is 4.90 Å². The molecule has 0 spiro atoms. The molecular weight excluding hydrogens is 219 g/mol. The number of nitrogens with two attached hydrogens (primary N) is 1. The van der Waals surface area contributed by atoms with E-state index in [4.69, 9.17) is 5.73 Å². The molecule has 1 aromatic rings. The van der Waals surface area contributed by atoms with E-state index in [1.165, 1.54) is 0 Å². The molecule has 0 amide bonds. The summed E-state index contributed by atoms with van der Waals surface area (Å²) >= 11 is 0. The van der Waals surface area contributed by atoms with E-state index < -0.39 is 7.49 Å². The summed E-state index contributed by atoms with van der Waals surface area (Å²) in [5.74, 6) is 0. The van der Waals surface area contributed by atoms with Crippen LogP contribution in [0.3, 0.4) is 0 Å². The molecular formula is C12H20N2OP+. The van der Waals surface area contributed by atoms with Gasteiger partial charge < -0.3 is 5.73 Å². The highest BCUT2D eigenvalue weighted by Crippen LogP contribution is 2.54. The molecule has 1 aromatic carbocycles. The molecule has 1 saturated heterocycles. The monoisotopic (exact) mass is 239 g/mol. The van der Waals surface area contributed by atoms with Gasteiger partial charge in [0, 0.05) is 18.8 Å². The van der Waals surface area contributed by atoms with Crippen LogP contribution in [0.15, 0.2) is 24.3 Å². The maximum atomic E-state index is 10.7. The molecule has 2 rings (SSSR count). The Hall–Kier alpha value is -0.630. The number of benzene rings is 1. The Labute approximate surface area is 97.7 Å². The number of nitrogens with zero attached hydrogens (tertiary/aromatic N) is 1. The van der Waals surface area contributed by atoms with Gasteiger partial charge in [0.05, 0.1) is 0 Å². The van der Waals surface area contributed by atoms with Crippen molar-refractivity contribution >= 4 is 18.5 Å². The fourth-order valence-electron chi connectivity index (χ4n) is 2.16. The zero-order chi connectivity index (χ0) is 11.6. The smallest absolute Gasteiger partial charge is 0.176 e. The lowest BCUT2D eigenvalue weighted by molar-refractivity contribution is 0.308. The van der Waals surface area contributed by atoms with Crippen molar-refractivity contribution in [1.29, 1.82) is 0 Å². The van der Waals surface area contributed by atoms with Crippen LogP contribution in [0.25, 0.3) is 0 Å². The first kappa shape index (κ1) is 11.8.